The molecule has 0 saturated carbocycles. The van der Waals surface area contributed by atoms with Crippen LogP contribution in [0.3, 0.4) is 0 Å². The van der Waals surface area contributed by atoms with E-state index in [4.69, 9.17) is 5.11 Å². The zero-order valence-corrected chi connectivity index (χ0v) is 12.0. The van der Waals surface area contributed by atoms with Gasteiger partial charge in [0.1, 0.15) is 0 Å². The van der Waals surface area contributed by atoms with E-state index >= 15 is 0 Å². The van der Waals surface area contributed by atoms with Crippen molar-refractivity contribution in [2.75, 3.05) is 31.1 Å². The van der Waals surface area contributed by atoms with Crippen LogP contribution >= 0.6 is 11.8 Å². The van der Waals surface area contributed by atoms with Gasteiger partial charge in [0, 0.05) is 19.1 Å². The summed E-state index contributed by atoms with van der Waals surface area (Å²) < 4.78 is 0. The minimum atomic E-state index is -0.732. The van der Waals surface area contributed by atoms with Crippen molar-refractivity contribution in [3.8, 4) is 0 Å². The number of nitrogens with zero attached hydrogens (tertiary/aromatic N) is 1. The lowest BCUT2D eigenvalue weighted by Gasteiger charge is -2.31. The number of hydrogen-bond acceptors (Lipinski definition) is 4. The van der Waals surface area contributed by atoms with Gasteiger partial charge in [-0.15, -0.1) is 0 Å². The Morgan fingerprint density at radius 1 is 1.16 bits per heavy atom. The quantitative estimate of drug-likeness (QED) is 0.800. The Labute approximate surface area is 118 Å². The van der Waals surface area contributed by atoms with Crippen LogP contribution in [0.1, 0.15) is 25.7 Å². The van der Waals surface area contributed by atoms with Gasteiger partial charge in [-0.2, -0.15) is 11.8 Å². The number of rotatable bonds is 4. The molecule has 19 heavy (non-hydrogen) atoms. The Balaban J connectivity index is 1.67. The first-order chi connectivity index (χ1) is 9.16. The van der Waals surface area contributed by atoms with Gasteiger partial charge < -0.3 is 15.3 Å². The van der Waals surface area contributed by atoms with E-state index < -0.39 is 5.97 Å². The molecule has 1 amide bonds. The SMILES string of the molecule is O=C(O)C1CCN(C(=O)CNC2CCSCC2)CC1. The number of carboxylic acid groups (broad SMARTS) is 1. The van der Waals surface area contributed by atoms with E-state index in [1.807, 2.05) is 11.8 Å². The molecule has 108 valence electrons. The van der Waals surface area contributed by atoms with Crippen molar-refractivity contribution >= 4 is 23.6 Å². The highest BCUT2D eigenvalue weighted by Gasteiger charge is 2.27. The summed E-state index contributed by atoms with van der Waals surface area (Å²) in [6.45, 7) is 1.56. The zero-order chi connectivity index (χ0) is 13.7. The maximum atomic E-state index is 12.0. The number of piperidine rings is 1. The summed E-state index contributed by atoms with van der Waals surface area (Å²) in [5.74, 6) is 1.46. The minimum absolute atomic E-state index is 0.113. The van der Waals surface area contributed by atoms with Gasteiger partial charge in [0.15, 0.2) is 0 Å². The molecular weight excluding hydrogens is 264 g/mol. The fourth-order valence-electron chi connectivity index (χ4n) is 2.62. The smallest absolute Gasteiger partial charge is 0.306 e. The molecule has 2 aliphatic heterocycles. The molecule has 5 nitrogen and oxygen atoms in total. The lowest BCUT2D eigenvalue weighted by molar-refractivity contribution is -0.145. The predicted molar refractivity (Wildman–Crippen MR) is 75.3 cm³/mol. The molecule has 0 atom stereocenters. The highest BCUT2D eigenvalue weighted by Crippen LogP contribution is 2.18. The van der Waals surface area contributed by atoms with E-state index in [2.05, 4.69) is 5.32 Å². The van der Waals surface area contributed by atoms with E-state index in [1.54, 1.807) is 4.90 Å². The molecule has 2 heterocycles. The van der Waals surface area contributed by atoms with Gasteiger partial charge in [-0.05, 0) is 37.2 Å². The van der Waals surface area contributed by atoms with Crippen molar-refractivity contribution in [1.82, 2.24) is 10.2 Å². The third kappa shape index (κ3) is 4.38. The maximum absolute atomic E-state index is 12.0. The monoisotopic (exact) mass is 286 g/mol. The van der Waals surface area contributed by atoms with Crippen LogP contribution in [0, 0.1) is 5.92 Å². The second-order valence-electron chi connectivity index (χ2n) is 5.26. The molecule has 0 aromatic rings. The van der Waals surface area contributed by atoms with Crippen molar-refractivity contribution in [2.24, 2.45) is 5.92 Å². The van der Waals surface area contributed by atoms with Crippen LogP contribution in [0.5, 0.6) is 0 Å². The first kappa shape index (κ1) is 14.7. The summed E-state index contributed by atoms with van der Waals surface area (Å²) in [5.41, 5.74) is 0. The molecule has 2 rings (SSSR count). The number of likely N-dealkylation sites (tertiary alicyclic amines) is 1. The van der Waals surface area contributed by atoms with Gasteiger partial charge in [0.2, 0.25) is 5.91 Å². The van der Waals surface area contributed by atoms with Gasteiger partial charge in [0.25, 0.3) is 0 Å². The normalized spacial score (nSPS) is 22.4. The summed E-state index contributed by atoms with van der Waals surface area (Å²) in [5, 5.41) is 12.3. The van der Waals surface area contributed by atoms with Crippen molar-refractivity contribution in [2.45, 2.75) is 31.7 Å². The molecule has 0 aromatic carbocycles. The lowest BCUT2D eigenvalue weighted by Crippen LogP contribution is -2.46. The first-order valence-electron chi connectivity index (χ1n) is 6.98. The summed E-state index contributed by atoms with van der Waals surface area (Å²) in [6, 6.07) is 0.474. The van der Waals surface area contributed by atoms with Crippen LogP contribution in [0.2, 0.25) is 0 Å². The van der Waals surface area contributed by atoms with Gasteiger partial charge in [-0.1, -0.05) is 0 Å². The molecule has 0 spiro atoms. The number of thioether (sulfide) groups is 1. The Morgan fingerprint density at radius 3 is 2.37 bits per heavy atom. The number of carbonyl (C=O) groups is 2. The largest absolute Gasteiger partial charge is 0.481 e. The van der Waals surface area contributed by atoms with E-state index in [1.165, 1.54) is 11.5 Å². The number of amides is 1. The Kier molecular flexibility index (Phi) is 5.51. The molecule has 0 aromatic heterocycles. The van der Waals surface area contributed by atoms with Crippen molar-refractivity contribution in [3.63, 3.8) is 0 Å². The zero-order valence-electron chi connectivity index (χ0n) is 11.1. The molecule has 2 saturated heterocycles. The van der Waals surface area contributed by atoms with Crippen LogP contribution in [0.25, 0.3) is 0 Å². The first-order valence-corrected chi connectivity index (χ1v) is 8.14. The number of nitrogens with one attached hydrogen (secondary N) is 1. The molecule has 0 aliphatic carbocycles. The van der Waals surface area contributed by atoms with Gasteiger partial charge >= 0.3 is 5.97 Å². The molecule has 0 radical (unpaired) electrons. The van der Waals surface area contributed by atoms with Crippen LogP contribution in [0.4, 0.5) is 0 Å². The topological polar surface area (TPSA) is 69.6 Å². The average molecular weight is 286 g/mol. The number of carboxylic acids is 1. The van der Waals surface area contributed by atoms with Crippen LogP contribution in [-0.2, 0) is 9.59 Å². The fourth-order valence-corrected chi connectivity index (χ4v) is 3.73. The third-order valence-electron chi connectivity index (χ3n) is 3.96. The van der Waals surface area contributed by atoms with Gasteiger partial charge in [-0.3, -0.25) is 9.59 Å². The fraction of sp³-hybridized carbons (Fsp3) is 0.846. The summed E-state index contributed by atoms with van der Waals surface area (Å²) in [6.07, 6.45) is 3.44. The van der Waals surface area contributed by atoms with Crippen LogP contribution in [-0.4, -0.2) is 59.1 Å². The van der Waals surface area contributed by atoms with Crippen LogP contribution in [0.15, 0.2) is 0 Å². The molecule has 0 bridgehead atoms. The Morgan fingerprint density at radius 2 is 1.79 bits per heavy atom. The van der Waals surface area contributed by atoms with E-state index in [9.17, 15) is 9.59 Å². The van der Waals surface area contributed by atoms with Gasteiger partial charge in [-0.25, -0.2) is 0 Å². The van der Waals surface area contributed by atoms with E-state index in [0.29, 0.717) is 38.5 Å². The second kappa shape index (κ2) is 7.14. The predicted octanol–water partition coefficient (Wildman–Crippen LogP) is 0.795. The van der Waals surface area contributed by atoms with E-state index in [-0.39, 0.29) is 11.8 Å². The lowest BCUT2D eigenvalue weighted by atomic mass is 9.97. The highest BCUT2D eigenvalue weighted by molar-refractivity contribution is 7.99. The van der Waals surface area contributed by atoms with Crippen molar-refractivity contribution in [3.05, 3.63) is 0 Å². The summed E-state index contributed by atoms with van der Waals surface area (Å²) in [7, 11) is 0. The molecular formula is C13H22N2O3S. The summed E-state index contributed by atoms with van der Waals surface area (Å²) >= 11 is 1.97. The molecule has 2 fully saturated rings. The number of carbonyl (C=O) groups excluding carboxylic acids is 1. The number of hydrogen-bond donors (Lipinski definition) is 2. The van der Waals surface area contributed by atoms with E-state index in [0.717, 1.165) is 12.8 Å². The maximum Gasteiger partial charge on any atom is 0.306 e. The summed E-state index contributed by atoms with van der Waals surface area (Å²) in [4.78, 5) is 24.7. The van der Waals surface area contributed by atoms with Gasteiger partial charge in [0.05, 0.1) is 12.5 Å². The molecule has 2 aliphatic rings. The van der Waals surface area contributed by atoms with Crippen LogP contribution < -0.4 is 5.32 Å². The highest BCUT2D eigenvalue weighted by atomic mass is 32.2. The van der Waals surface area contributed by atoms with Crippen molar-refractivity contribution in [1.29, 1.82) is 0 Å². The molecule has 6 heteroatoms. The Bertz CT molecular complexity index is 324. The Hall–Kier alpha value is -0.750. The molecule has 0 unspecified atom stereocenters. The third-order valence-corrected chi connectivity index (χ3v) is 5.01. The average Bonchev–Trinajstić information content (AvgIpc) is 2.46. The van der Waals surface area contributed by atoms with Crippen molar-refractivity contribution < 1.29 is 14.7 Å². The molecule has 2 N–H and O–H groups in total. The number of aliphatic carboxylic acids is 1. The minimum Gasteiger partial charge on any atom is -0.481 e. The standard InChI is InChI=1S/C13H22N2O3S/c16-12(9-14-11-3-7-19-8-4-11)15-5-1-10(2-6-15)13(17)18/h10-11,14H,1-9H2,(H,17,18). The second-order valence-corrected chi connectivity index (χ2v) is 6.49.